The van der Waals surface area contributed by atoms with Crippen LogP contribution in [0.2, 0.25) is 20.1 Å². The van der Waals surface area contributed by atoms with Crippen LogP contribution in [0.15, 0.2) is 24.3 Å². The summed E-state index contributed by atoms with van der Waals surface area (Å²) >= 11 is 24.0. The fraction of sp³-hybridized carbons (Fsp3) is 0.294. The predicted molar refractivity (Wildman–Crippen MR) is 102 cm³/mol. The maximum absolute atomic E-state index is 10.2. The lowest BCUT2D eigenvalue weighted by Crippen LogP contribution is -2.26. The lowest BCUT2D eigenvalue weighted by atomic mass is 10.1. The van der Waals surface area contributed by atoms with E-state index >= 15 is 0 Å². The molecule has 2 N–H and O–H groups in total. The number of nitrogens with zero attached hydrogens (tertiary/aromatic N) is 1. The molecule has 0 saturated heterocycles. The van der Waals surface area contributed by atoms with E-state index in [0.29, 0.717) is 47.4 Å². The van der Waals surface area contributed by atoms with E-state index in [9.17, 15) is 10.2 Å². The zero-order chi connectivity index (χ0) is 18.6. The van der Waals surface area contributed by atoms with Gasteiger partial charge in [-0.1, -0.05) is 46.4 Å². The highest BCUT2D eigenvalue weighted by Crippen LogP contribution is 2.34. The van der Waals surface area contributed by atoms with Gasteiger partial charge in [0.2, 0.25) is 0 Å². The molecule has 0 aliphatic carbocycles. The van der Waals surface area contributed by atoms with Crippen LogP contribution in [-0.2, 0) is 17.8 Å². The van der Waals surface area contributed by atoms with Gasteiger partial charge in [-0.3, -0.25) is 4.90 Å². The van der Waals surface area contributed by atoms with Gasteiger partial charge >= 0.3 is 0 Å². The van der Waals surface area contributed by atoms with E-state index in [0.717, 1.165) is 0 Å². The molecule has 0 heterocycles. The smallest absolute Gasteiger partial charge is 0.138 e. The number of aromatic hydroxyl groups is 2. The fourth-order valence-electron chi connectivity index (χ4n) is 2.40. The van der Waals surface area contributed by atoms with E-state index in [-0.39, 0.29) is 21.5 Å². The summed E-state index contributed by atoms with van der Waals surface area (Å²) in [5, 5.41) is 21.6. The molecule has 8 heteroatoms. The molecule has 0 amide bonds. The Morgan fingerprint density at radius 2 is 1.28 bits per heavy atom. The summed E-state index contributed by atoms with van der Waals surface area (Å²) < 4.78 is 5.13. The van der Waals surface area contributed by atoms with Gasteiger partial charge in [0.15, 0.2) is 0 Å². The molecule has 0 atom stereocenters. The van der Waals surface area contributed by atoms with Crippen molar-refractivity contribution in [3.05, 3.63) is 55.5 Å². The van der Waals surface area contributed by atoms with Crippen molar-refractivity contribution in [2.75, 3.05) is 20.3 Å². The van der Waals surface area contributed by atoms with Crippen molar-refractivity contribution in [1.82, 2.24) is 4.90 Å². The minimum absolute atomic E-state index is 0.0261. The van der Waals surface area contributed by atoms with E-state index in [1.807, 2.05) is 4.90 Å². The zero-order valence-corrected chi connectivity index (χ0v) is 16.4. The van der Waals surface area contributed by atoms with Gasteiger partial charge in [0.05, 0.1) is 16.7 Å². The number of hydrogen-bond donors (Lipinski definition) is 2. The zero-order valence-electron chi connectivity index (χ0n) is 13.4. The molecule has 0 aromatic heterocycles. The molecule has 0 spiro atoms. The minimum Gasteiger partial charge on any atom is -0.506 e. The van der Waals surface area contributed by atoms with Crippen molar-refractivity contribution in [2.45, 2.75) is 13.1 Å². The summed E-state index contributed by atoms with van der Waals surface area (Å²) in [4.78, 5) is 1.95. The molecule has 0 aliphatic rings. The van der Waals surface area contributed by atoms with Gasteiger partial charge in [-0.15, -0.1) is 0 Å². The molecule has 4 nitrogen and oxygen atoms in total. The van der Waals surface area contributed by atoms with Gasteiger partial charge in [-0.25, -0.2) is 0 Å². The molecule has 0 radical (unpaired) electrons. The number of benzene rings is 2. The Hall–Kier alpha value is -0.880. The summed E-state index contributed by atoms with van der Waals surface area (Å²) in [7, 11) is 1.60. The van der Waals surface area contributed by atoms with E-state index in [4.69, 9.17) is 51.1 Å². The average molecular weight is 425 g/mol. The first-order valence-electron chi connectivity index (χ1n) is 7.37. The minimum atomic E-state index is -0.0261. The molecule has 136 valence electrons. The molecule has 0 bridgehead atoms. The van der Waals surface area contributed by atoms with Crippen molar-refractivity contribution >= 4 is 46.4 Å². The molecule has 25 heavy (non-hydrogen) atoms. The number of phenols is 2. The number of ether oxygens (including phenoxy) is 1. The number of halogens is 4. The number of rotatable bonds is 7. The Morgan fingerprint density at radius 1 is 0.840 bits per heavy atom. The van der Waals surface area contributed by atoms with Crippen LogP contribution in [0.5, 0.6) is 11.5 Å². The largest absolute Gasteiger partial charge is 0.506 e. The van der Waals surface area contributed by atoms with Crippen molar-refractivity contribution < 1.29 is 14.9 Å². The summed E-state index contributed by atoms with van der Waals surface area (Å²) in [6, 6.07) is 6.24. The topological polar surface area (TPSA) is 52.9 Å². The van der Waals surface area contributed by atoms with Gasteiger partial charge in [-0.2, -0.15) is 0 Å². The highest BCUT2D eigenvalue weighted by molar-refractivity contribution is 6.36. The molecule has 2 rings (SSSR count). The van der Waals surface area contributed by atoms with Crippen LogP contribution >= 0.6 is 46.4 Å². The second-order valence-electron chi connectivity index (χ2n) is 5.49. The van der Waals surface area contributed by atoms with Crippen molar-refractivity contribution in [2.24, 2.45) is 0 Å². The Labute approximate surface area is 166 Å². The second-order valence-corrected chi connectivity index (χ2v) is 7.18. The van der Waals surface area contributed by atoms with E-state index in [1.165, 1.54) is 12.1 Å². The molecule has 0 aliphatic heterocycles. The Balaban J connectivity index is 2.28. The third-order valence-corrected chi connectivity index (χ3v) is 4.63. The van der Waals surface area contributed by atoms with Gasteiger partial charge < -0.3 is 14.9 Å². The van der Waals surface area contributed by atoms with Crippen LogP contribution in [-0.4, -0.2) is 35.4 Å². The first-order valence-corrected chi connectivity index (χ1v) is 8.88. The highest BCUT2D eigenvalue weighted by Gasteiger charge is 2.16. The lowest BCUT2D eigenvalue weighted by molar-refractivity contribution is 0.139. The standard InChI is InChI=1S/C17H17Cl4NO3/c1-25-3-2-22(8-10-4-12(18)6-14(20)16(10)23)9-11-5-13(19)7-15(21)17(11)24/h4-7,23-24H,2-3,8-9H2,1H3. The van der Waals surface area contributed by atoms with Crippen LogP contribution in [0.4, 0.5) is 0 Å². The highest BCUT2D eigenvalue weighted by atomic mass is 35.5. The Bertz CT molecular complexity index is 696. The fourth-order valence-corrected chi connectivity index (χ4v) is 3.47. The summed E-state index contributed by atoms with van der Waals surface area (Å²) in [6.45, 7) is 1.70. The van der Waals surface area contributed by atoms with Gasteiger partial charge in [0.1, 0.15) is 11.5 Å². The monoisotopic (exact) mass is 423 g/mol. The summed E-state index contributed by atoms with van der Waals surface area (Å²) in [6.07, 6.45) is 0. The molecule has 0 fully saturated rings. The van der Waals surface area contributed by atoms with Crippen molar-refractivity contribution in [1.29, 1.82) is 0 Å². The SMILES string of the molecule is COCCN(Cc1cc(Cl)cc(Cl)c1O)Cc1cc(Cl)cc(Cl)c1O. The third kappa shape index (κ3) is 5.55. The maximum atomic E-state index is 10.2. The van der Waals surface area contributed by atoms with Crippen LogP contribution < -0.4 is 0 Å². The van der Waals surface area contributed by atoms with Crippen molar-refractivity contribution in [3.63, 3.8) is 0 Å². The quantitative estimate of drug-likeness (QED) is 0.628. The molecular formula is C17H17Cl4NO3. The van der Waals surface area contributed by atoms with Crippen molar-refractivity contribution in [3.8, 4) is 11.5 Å². The van der Waals surface area contributed by atoms with E-state index < -0.39 is 0 Å². The van der Waals surface area contributed by atoms with Crippen LogP contribution in [0.3, 0.4) is 0 Å². The molecule has 2 aromatic carbocycles. The van der Waals surface area contributed by atoms with Crippen LogP contribution in [0, 0.1) is 0 Å². The summed E-state index contributed by atoms with van der Waals surface area (Å²) in [5.74, 6) is -0.0522. The molecular weight excluding hydrogens is 408 g/mol. The van der Waals surface area contributed by atoms with Crippen LogP contribution in [0.25, 0.3) is 0 Å². The normalized spacial score (nSPS) is 11.3. The maximum Gasteiger partial charge on any atom is 0.138 e. The molecule has 0 unspecified atom stereocenters. The van der Waals surface area contributed by atoms with Gasteiger partial charge in [0.25, 0.3) is 0 Å². The Kier molecular flexibility index (Phi) is 7.50. The average Bonchev–Trinajstić information content (AvgIpc) is 2.54. The van der Waals surface area contributed by atoms with Gasteiger partial charge in [-0.05, 0) is 24.3 Å². The Morgan fingerprint density at radius 3 is 1.68 bits per heavy atom. The lowest BCUT2D eigenvalue weighted by Gasteiger charge is -2.23. The third-order valence-electron chi connectivity index (χ3n) is 3.61. The predicted octanol–water partition coefficient (Wildman–Crippen LogP) is 5.36. The second kappa shape index (κ2) is 9.17. The van der Waals surface area contributed by atoms with E-state index in [1.54, 1.807) is 19.2 Å². The first-order chi connectivity index (χ1) is 11.8. The number of hydrogen-bond acceptors (Lipinski definition) is 4. The number of methoxy groups -OCH3 is 1. The van der Waals surface area contributed by atoms with Crippen LogP contribution in [0.1, 0.15) is 11.1 Å². The number of phenolic OH excluding ortho intramolecular Hbond substituents is 2. The van der Waals surface area contributed by atoms with E-state index in [2.05, 4.69) is 0 Å². The first kappa shape index (κ1) is 20.4. The molecule has 0 saturated carbocycles. The molecule has 2 aromatic rings. The van der Waals surface area contributed by atoms with Gasteiger partial charge in [0, 0.05) is 47.9 Å². The summed E-state index contributed by atoms with van der Waals surface area (Å²) in [5.41, 5.74) is 1.14.